The third kappa shape index (κ3) is 1.44. The highest BCUT2D eigenvalue weighted by Gasteiger charge is 2.62. The summed E-state index contributed by atoms with van der Waals surface area (Å²) in [5, 5.41) is 0. The SMILES string of the molecule is COc1cc(C)cc(C)c1C1(C2(N)CC2)COC1. The van der Waals surface area contributed by atoms with Crippen molar-refractivity contribution >= 4 is 0 Å². The van der Waals surface area contributed by atoms with Gasteiger partial charge in [0.2, 0.25) is 0 Å². The molecule has 0 aromatic heterocycles. The topological polar surface area (TPSA) is 44.5 Å². The molecule has 2 N–H and O–H groups in total. The summed E-state index contributed by atoms with van der Waals surface area (Å²) in [6.45, 7) is 5.70. The average molecular weight is 247 g/mol. The summed E-state index contributed by atoms with van der Waals surface area (Å²) in [5.74, 6) is 0.965. The minimum Gasteiger partial charge on any atom is -0.496 e. The smallest absolute Gasteiger partial charge is 0.123 e. The highest BCUT2D eigenvalue weighted by molar-refractivity contribution is 5.52. The van der Waals surface area contributed by atoms with Crippen LogP contribution in [0.3, 0.4) is 0 Å². The van der Waals surface area contributed by atoms with E-state index in [0.717, 1.165) is 31.8 Å². The number of hydrogen-bond donors (Lipinski definition) is 1. The van der Waals surface area contributed by atoms with Gasteiger partial charge in [0.15, 0.2) is 0 Å². The fraction of sp³-hybridized carbons (Fsp3) is 0.600. The number of hydrogen-bond acceptors (Lipinski definition) is 3. The lowest BCUT2D eigenvalue weighted by atomic mass is 9.68. The van der Waals surface area contributed by atoms with Crippen LogP contribution < -0.4 is 10.5 Å². The molecule has 1 aromatic rings. The molecule has 1 aromatic carbocycles. The monoisotopic (exact) mass is 247 g/mol. The third-order valence-electron chi connectivity index (χ3n) is 4.58. The van der Waals surface area contributed by atoms with Crippen LogP contribution in [0.1, 0.15) is 29.5 Å². The van der Waals surface area contributed by atoms with Crippen molar-refractivity contribution < 1.29 is 9.47 Å². The molecule has 0 amide bonds. The van der Waals surface area contributed by atoms with E-state index in [1.807, 2.05) is 0 Å². The third-order valence-corrected chi connectivity index (χ3v) is 4.58. The van der Waals surface area contributed by atoms with E-state index in [1.165, 1.54) is 16.7 Å². The lowest BCUT2D eigenvalue weighted by Gasteiger charge is -2.48. The van der Waals surface area contributed by atoms with Gasteiger partial charge in [0.05, 0.1) is 25.7 Å². The fourth-order valence-electron chi connectivity index (χ4n) is 3.30. The molecule has 0 bridgehead atoms. The van der Waals surface area contributed by atoms with Gasteiger partial charge in [0.1, 0.15) is 5.75 Å². The number of ether oxygens (including phenoxy) is 2. The van der Waals surface area contributed by atoms with Crippen molar-refractivity contribution in [3.63, 3.8) is 0 Å². The zero-order valence-electron chi connectivity index (χ0n) is 11.4. The number of nitrogens with two attached hydrogens (primary N) is 1. The van der Waals surface area contributed by atoms with E-state index >= 15 is 0 Å². The Morgan fingerprint density at radius 3 is 2.33 bits per heavy atom. The Balaban J connectivity index is 2.16. The molecule has 2 fully saturated rings. The van der Waals surface area contributed by atoms with Crippen molar-refractivity contribution in [2.45, 2.75) is 37.6 Å². The molecule has 0 spiro atoms. The summed E-state index contributed by atoms with van der Waals surface area (Å²) in [6.07, 6.45) is 2.18. The number of benzene rings is 1. The summed E-state index contributed by atoms with van der Waals surface area (Å²) >= 11 is 0. The van der Waals surface area contributed by atoms with E-state index in [2.05, 4.69) is 26.0 Å². The van der Waals surface area contributed by atoms with Crippen LogP contribution in [-0.2, 0) is 10.2 Å². The van der Waals surface area contributed by atoms with Gasteiger partial charge >= 0.3 is 0 Å². The van der Waals surface area contributed by atoms with E-state index in [0.29, 0.717) is 0 Å². The Labute approximate surface area is 108 Å². The summed E-state index contributed by atoms with van der Waals surface area (Å²) in [5.41, 5.74) is 10.2. The highest BCUT2D eigenvalue weighted by Crippen LogP contribution is 2.56. The van der Waals surface area contributed by atoms with Crippen molar-refractivity contribution in [1.82, 2.24) is 0 Å². The van der Waals surface area contributed by atoms with Crippen LogP contribution in [-0.4, -0.2) is 25.9 Å². The minimum atomic E-state index is -0.0848. The van der Waals surface area contributed by atoms with E-state index in [4.69, 9.17) is 15.2 Å². The number of methoxy groups -OCH3 is 1. The Morgan fingerprint density at radius 1 is 1.22 bits per heavy atom. The number of rotatable bonds is 3. The van der Waals surface area contributed by atoms with Crippen molar-refractivity contribution in [3.05, 3.63) is 28.8 Å². The van der Waals surface area contributed by atoms with Gasteiger partial charge in [0.25, 0.3) is 0 Å². The van der Waals surface area contributed by atoms with Crippen LogP contribution in [0.4, 0.5) is 0 Å². The second kappa shape index (κ2) is 3.72. The van der Waals surface area contributed by atoms with Crippen molar-refractivity contribution in [1.29, 1.82) is 0 Å². The first-order valence-corrected chi connectivity index (χ1v) is 6.55. The first-order valence-electron chi connectivity index (χ1n) is 6.55. The van der Waals surface area contributed by atoms with Crippen LogP contribution in [0, 0.1) is 13.8 Å². The normalized spacial score (nSPS) is 23.3. The molecule has 1 aliphatic heterocycles. The molecule has 1 saturated carbocycles. The standard InChI is InChI=1S/C15H21NO2/c1-10-6-11(2)13(12(7-10)17-3)14(8-18-9-14)15(16)4-5-15/h6-7H,4-5,8-9,16H2,1-3H3. The molecule has 3 heteroatoms. The van der Waals surface area contributed by atoms with Crippen LogP contribution in [0.5, 0.6) is 5.75 Å². The zero-order chi connectivity index (χ0) is 13.0. The van der Waals surface area contributed by atoms with E-state index in [-0.39, 0.29) is 11.0 Å². The van der Waals surface area contributed by atoms with E-state index in [1.54, 1.807) is 7.11 Å². The average Bonchev–Trinajstić information content (AvgIpc) is 2.98. The molecule has 1 aliphatic carbocycles. The Hall–Kier alpha value is -1.06. The van der Waals surface area contributed by atoms with Crippen LogP contribution in [0.15, 0.2) is 12.1 Å². The molecule has 3 rings (SSSR count). The highest BCUT2D eigenvalue weighted by atomic mass is 16.5. The lowest BCUT2D eigenvalue weighted by Crippen LogP contribution is -2.61. The summed E-state index contributed by atoms with van der Waals surface area (Å²) in [6, 6.07) is 4.32. The maximum Gasteiger partial charge on any atom is 0.123 e. The second-order valence-electron chi connectivity index (χ2n) is 5.89. The van der Waals surface area contributed by atoms with Gasteiger partial charge in [-0.1, -0.05) is 6.07 Å². The molecule has 1 heterocycles. The summed E-state index contributed by atoms with van der Waals surface area (Å²) in [4.78, 5) is 0. The van der Waals surface area contributed by atoms with Gasteiger partial charge in [-0.05, 0) is 43.9 Å². The van der Waals surface area contributed by atoms with Crippen LogP contribution in [0.2, 0.25) is 0 Å². The van der Waals surface area contributed by atoms with Gasteiger partial charge in [0, 0.05) is 11.1 Å². The molecule has 0 atom stereocenters. The van der Waals surface area contributed by atoms with Crippen LogP contribution in [0.25, 0.3) is 0 Å². The van der Waals surface area contributed by atoms with E-state index < -0.39 is 0 Å². The van der Waals surface area contributed by atoms with Crippen molar-refractivity contribution in [3.8, 4) is 5.75 Å². The molecule has 3 nitrogen and oxygen atoms in total. The largest absolute Gasteiger partial charge is 0.496 e. The molecule has 2 aliphatic rings. The quantitative estimate of drug-likeness (QED) is 0.889. The molecule has 0 radical (unpaired) electrons. The Kier molecular flexibility index (Phi) is 2.48. The first kappa shape index (κ1) is 12.0. The van der Waals surface area contributed by atoms with Gasteiger partial charge in [-0.15, -0.1) is 0 Å². The first-order chi connectivity index (χ1) is 8.52. The predicted molar refractivity (Wildman–Crippen MR) is 71.1 cm³/mol. The maximum absolute atomic E-state index is 6.51. The van der Waals surface area contributed by atoms with Crippen molar-refractivity contribution in [2.75, 3.05) is 20.3 Å². The summed E-state index contributed by atoms with van der Waals surface area (Å²) < 4.78 is 11.1. The van der Waals surface area contributed by atoms with E-state index in [9.17, 15) is 0 Å². The summed E-state index contributed by atoms with van der Waals surface area (Å²) in [7, 11) is 1.74. The van der Waals surface area contributed by atoms with Gasteiger partial charge in [-0.3, -0.25) is 0 Å². The molecular weight excluding hydrogens is 226 g/mol. The lowest BCUT2D eigenvalue weighted by molar-refractivity contribution is -0.0798. The minimum absolute atomic E-state index is 0.0316. The maximum atomic E-state index is 6.51. The van der Waals surface area contributed by atoms with Gasteiger partial charge in [-0.25, -0.2) is 0 Å². The number of aryl methyl sites for hydroxylation is 2. The van der Waals surface area contributed by atoms with Crippen LogP contribution >= 0.6 is 0 Å². The molecule has 1 saturated heterocycles. The molecule has 18 heavy (non-hydrogen) atoms. The van der Waals surface area contributed by atoms with Crippen molar-refractivity contribution in [2.24, 2.45) is 5.73 Å². The van der Waals surface area contributed by atoms with Gasteiger partial charge in [-0.2, -0.15) is 0 Å². The predicted octanol–water partition coefficient (Wildman–Crippen LogP) is 2.07. The Morgan fingerprint density at radius 2 is 1.89 bits per heavy atom. The zero-order valence-corrected chi connectivity index (χ0v) is 11.4. The molecule has 0 unspecified atom stereocenters. The Bertz CT molecular complexity index is 488. The second-order valence-corrected chi connectivity index (χ2v) is 5.89. The fourth-order valence-corrected chi connectivity index (χ4v) is 3.30. The molecular formula is C15H21NO2. The molecule has 98 valence electrons. The van der Waals surface area contributed by atoms with Gasteiger partial charge < -0.3 is 15.2 Å².